The molecule has 3 aliphatic heterocycles. The zero-order valence-electron chi connectivity index (χ0n) is 24.6. The van der Waals surface area contributed by atoms with Crippen LogP contribution >= 0.6 is 11.6 Å². The van der Waals surface area contributed by atoms with Gasteiger partial charge in [-0.3, -0.25) is 14.7 Å². The fourth-order valence-corrected chi connectivity index (χ4v) is 7.65. The van der Waals surface area contributed by atoms with Crippen molar-refractivity contribution in [3.8, 4) is 0 Å². The number of hydrogen-bond acceptors (Lipinski definition) is 6. The first kappa shape index (κ1) is 30.3. The maximum absolute atomic E-state index is 14.6. The van der Waals surface area contributed by atoms with Crippen molar-refractivity contribution in [3.63, 3.8) is 0 Å². The van der Waals surface area contributed by atoms with Crippen LogP contribution in [-0.4, -0.2) is 102 Å². The maximum Gasteiger partial charge on any atom is 0.314 e. The number of aliphatic carboxylic acids is 1. The second-order valence-corrected chi connectivity index (χ2v) is 13.5. The smallest absolute Gasteiger partial charge is 0.314 e. The summed E-state index contributed by atoms with van der Waals surface area (Å²) in [6.45, 7) is 7.41. The first-order chi connectivity index (χ1) is 20.6. The van der Waals surface area contributed by atoms with E-state index < -0.39 is 30.0 Å². The van der Waals surface area contributed by atoms with Crippen LogP contribution in [0.5, 0.6) is 0 Å². The van der Waals surface area contributed by atoms with Crippen molar-refractivity contribution in [1.82, 2.24) is 14.8 Å². The molecule has 3 heterocycles. The third-order valence-electron chi connectivity index (χ3n) is 10.2. The summed E-state index contributed by atoms with van der Waals surface area (Å²) in [4.78, 5) is 18.5. The molecule has 1 saturated carbocycles. The van der Waals surface area contributed by atoms with Crippen molar-refractivity contribution in [1.29, 1.82) is 0 Å². The predicted molar refractivity (Wildman–Crippen MR) is 163 cm³/mol. The minimum atomic E-state index is -2.82. The molecule has 1 N–H and O–H groups in total. The van der Waals surface area contributed by atoms with Crippen LogP contribution in [0.1, 0.15) is 51.0 Å². The summed E-state index contributed by atoms with van der Waals surface area (Å²) in [5.74, 6) is -2.60. The quantitative estimate of drug-likeness (QED) is 0.417. The first-order valence-corrected chi connectivity index (χ1v) is 15.9. The lowest BCUT2D eigenvalue weighted by molar-refractivity contribution is -0.143. The Kier molecular flexibility index (Phi) is 8.45. The Morgan fingerprint density at radius 3 is 2.44 bits per heavy atom. The molecule has 4 atom stereocenters. The number of halogens is 4. The summed E-state index contributed by atoms with van der Waals surface area (Å²) >= 11 is 6.54. The number of piperazine rings is 1. The van der Waals surface area contributed by atoms with Crippen molar-refractivity contribution < 1.29 is 23.1 Å². The van der Waals surface area contributed by atoms with E-state index in [0.717, 1.165) is 68.7 Å². The number of carboxylic acids is 1. The highest BCUT2D eigenvalue weighted by Crippen LogP contribution is 2.44. The SMILES string of the molecule is CC1(c2ccc(N3CCN(CC4(F)CCC4)CC3)cc2)CC=C(Cl)C=C1N1CCCC(N2N=CC(C(=O)O)C2C(F)F)C1. The van der Waals surface area contributed by atoms with Crippen molar-refractivity contribution in [2.45, 2.75) is 75.0 Å². The summed E-state index contributed by atoms with van der Waals surface area (Å²) < 4.78 is 42.6. The van der Waals surface area contributed by atoms with Crippen LogP contribution in [0.15, 0.2) is 52.2 Å². The van der Waals surface area contributed by atoms with Gasteiger partial charge in [0.05, 0.1) is 6.04 Å². The van der Waals surface area contributed by atoms with E-state index in [4.69, 9.17) is 11.6 Å². The van der Waals surface area contributed by atoms with Crippen LogP contribution in [-0.2, 0) is 10.2 Å². The molecule has 0 spiro atoms. The van der Waals surface area contributed by atoms with E-state index in [9.17, 15) is 23.1 Å². The summed E-state index contributed by atoms with van der Waals surface area (Å²) in [5, 5.41) is 15.6. The summed E-state index contributed by atoms with van der Waals surface area (Å²) in [7, 11) is 0. The summed E-state index contributed by atoms with van der Waals surface area (Å²) in [6, 6.07) is 6.86. The van der Waals surface area contributed by atoms with Gasteiger partial charge in [-0.2, -0.15) is 5.10 Å². The van der Waals surface area contributed by atoms with Gasteiger partial charge >= 0.3 is 5.97 Å². The highest BCUT2D eigenvalue weighted by Gasteiger charge is 2.47. The number of allylic oxidation sites excluding steroid dienone is 4. The van der Waals surface area contributed by atoms with Crippen molar-refractivity contribution in [3.05, 3.63) is 52.7 Å². The Morgan fingerprint density at radius 2 is 1.81 bits per heavy atom. The Bertz CT molecular complexity index is 1280. The average molecular weight is 620 g/mol. The molecular formula is C32H41ClF3N5O2. The van der Waals surface area contributed by atoms with Gasteiger partial charge in [0.1, 0.15) is 17.6 Å². The minimum Gasteiger partial charge on any atom is -0.481 e. The Hall–Kier alpha value is -2.72. The van der Waals surface area contributed by atoms with E-state index in [1.165, 1.54) is 5.01 Å². The monoisotopic (exact) mass is 619 g/mol. The lowest BCUT2D eigenvalue weighted by Gasteiger charge is -2.47. The zero-order chi connectivity index (χ0) is 30.4. The van der Waals surface area contributed by atoms with E-state index in [0.29, 0.717) is 43.8 Å². The van der Waals surface area contributed by atoms with Crippen LogP contribution in [0.2, 0.25) is 0 Å². The number of benzene rings is 1. The number of piperidine rings is 1. The van der Waals surface area contributed by atoms with Crippen molar-refractivity contribution in [2.75, 3.05) is 50.7 Å². The molecule has 234 valence electrons. The molecule has 0 bridgehead atoms. The standard InChI is InChI=1S/C32H41ClF3N5O2/c1-31(22-5-7-24(8-6-22)39-16-14-38(15-17-39)21-32(36)10-3-11-32)12-9-23(33)18-27(31)40-13-2-4-25(20-40)41-28(29(34)35)26(19-37-41)30(42)43/h5-9,18-19,25-26,28-29H,2-4,10-17,20-21H2,1H3,(H,42,43). The molecule has 2 aliphatic carbocycles. The first-order valence-electron chi connectivity index (χ1n) is 15.5. The Labute approximate surface area is 256 Å². The molecule has 1 aromatic rings. The fraction of sp³-hybridized carbons (Fsp3) is 0.625. The lowest BCUT2D eigenvalue weighted by atomic mass is 9.73. The third-order valence-corrected chi connectivity index (χ3v) is 10.5. The number of hydrazone groups is 1. The molecule has 1 aromatic carbocycles. The van der Waals surface area contributed by atoms with Gasteiger partial charge in [0.25, 0.3) is 6.43 Å². The van der Waals surface area contributed by atoms with Gasteiger partial charge in [-0.1, -0.05) is 29.8 Å². The van der Waals surface area contributed by atoms with Gasteiger partial charge in [0, 0.05) is 73.9 Å². The number of carboxylic acid groups (broad SMARTS) is 1. The van der Waals surface area contributed by atoms with E-state index >= 15 is 0 Å². The number of anilines is 1. The minimum absolute atomic E-state index is 0.333. The molecule has 0 amide bonds. The van der Waals surface area contributed by atoms with E-state index in [2.05, 4.69) is 51.0 Å². The van der Waals surface area contributed by atoms with Gasteiger partial charge < -0.3 is 14.9 Å². The van der Waals surface area contributed by atoms with Gasteiger partial charge in [0.2, 0.25) is 0 Å². The van der Waals surface area contributed by atoms with Gasteiger partial charge in [0.15, 0.2) is 0 Å². The molecule has 7 nitrogen and oxygen atoms in total. The Morgan fingerprint density at radius 1 is 1.09 bits per heavy atom. The second kappa shape index (κ2) is 12.0. The number of carbonyl (C=O) groups is 1. The summed E-state index contributed by atoms with van der Waals surface area (Å²) in [6.07, 6.45) is 6.84. The van der Waals surface area contributed by atoms with Crippen molar-refractivity contribution in [2.24, 2.45) is 11.0 Å². The zero-order valence-corrected chi connectivity index (χ0v) is 25.4. The molecule has 0 aromatic heterocycles. The molecule has 6 rings (SSSR count). The topological polar surface area (TPSA) is 62.6 Å². The van der Waals surface area contributed by atoms with Crippen LogP contribution < -0.4 is 4.90 Å². The highest BCUT2D eigenvalue weighted by atomic mass is 35.5. The predicted octanol–water partition coefficient (Wildman–Crippen LogP) is 5.47. The number of alkyl halides is 3. The number of rotatable bonds is 8. The molecule has 43 heavy (non-hydrogen) atoms. The molecule has 0 radical (unpaired) electrons. The lowest BCUT2D eigenvalue weighted by Crippen LogP contribution is -2.53. The average Bonchev–Trinajstić information content (AvgIpc) is 3.45. The normalized spacial score (nSPS) is 31.2. The van der Waals surface area contributed by atoms with E-state index in [1.807, 2.05) is 12.2 Å². The van der Waals surface area contributed by atoms with E-state index in [1.54, 1.807) is 0 Å². The van der Waals surface area contributed by atoms with Crippen LogP contribution in [0.4, 0.5) is 18.9 Å². The number of hydrogen-bond donors (Lipinski definition) is 1. The maximum atomic E-state index is 14.6. The van der Waals surface area contributed by atoms with Gasteiger partial charge in [-0.05, 0) is 69.2 Å². The fourth-order valence-electron chi connectivity index (χ4n) is 7.47. The third kappa shape index (κ3) is 6.01. The molecule has 5 aliphatic rings. The number of likely N-dealkylation sites (tertiary alicyclic amines) is 1. The molecule has 4 unspecified atom stereocenters. The van der Waals surface area contributed by atoms with Crippen LogP contribution in [0, 0.1) is 5.92 Å². The molecule has 11 heteroatoms. The van der Waals surface area contributed by atoms with E-state index in [-0.39, 0.29) is 11.5 Å². The van der Waals surface area contributed by atoms with Crippen LogP contribution in [0.25, 0.3) is 0 Å². The Balaban J connectivity index is 1.15. The number of nitrogens with zero attached hydrogens (tertiary/aromatic N) is 5. The van der Waals surface area contributed by atoms with Gasteiger partial charge in [-0.15, -0.1) is 0 Å². The van der Waals surface area contributed by atoms with Crippen LogP contribution in [0.3, 0.4) is 0 Å². The largest absolute Gasteiger partial charge is 0.481 e. The van der Waals surface area contributed by atoms with Gasteiger partial charge in [-0.25, -0.2) is 13.2 Å². The van der Waals surface area contributed by atoms with Crippen molar-refractivity contribution >= 4 is 29.5 Å². The molecular weight excluding hydrogens is 579 g/mol. The molecule has 3 fully saturated rings. The highest BCUT2D eigenvalue weighted by molar-refractivity contribution is 6.31. The summed E-state index contributed by atoms with van der Waals surface area (Å²) in [5.41, 5.74) is 1.97. The molecule has 2 saturated heterocycles. The second-order valence-electron chi connectivity index (χ2n) is 13.0.